The van der Waals surface area contributed by atoms with Crippen molar-refractivity contribution in [1.82, 2.24) is 5.32 Å². The molecule has 2 aromatic rings. The Morgan fingerprint density at radius 1 is 1.17 bits per heavy atom. The minimum atomic E-state index is -3.55. The van der Waals surface area contributed by atoms with E-state index in [1.54, 1.807) is 41.8 Å². The molecule has 3 rings (SSSR count). The monoisotopic (exact) mass is 364 g/mol. The molecule has 1 amide bonds. The average molecular weight is 364 g/mol. The predicted molar refractivity (Wildman–Crippen MR) is 96.1 cm³/mol. The molecule has 0 atom stereocenters. The van der Waals surface area contributed by atoms with Crippen molar-refractivity contribution in [3.63, 3.8) is 0 Å². The van der Waals surface area contributed by atoms with E-state index in [1.807, 2.05) is 0 Å². The van der Waals surface area contributed by atoms with Gasteiger partial charge < -0.3 is 5.32 Å². The Labute approximate surface area is 146 Å². The maximum atomic E-state index is 12.5. The minimum Gasteiger partial charge on any atom is -0.349 e. The summed E-state index contributed by atoms with van der Waals surface area (Å²) in [6.07, 6.45) is 4.39. The Balaban J connectivity index is 1.73. The van der Waals surface area contributed by atoms with Crippen molar-refractivity contribution in [3.05, 3.63) is 47.3 Å². The lowest BCUT2D eigenvalue weighted by molar-refractivity contribution is 0.0938. The van der Waals surface area contributed by atoms with Gasteiger partial charge in [-0.1, -0.05) is 18.9 Å². The van der Waals surface area contributed by atoms with Crippen molar-refractivity contribution in [3.8, 4) is 0 Å². The average Bonchev–Trinajstić information content (AvgIpc) is 3.28. The van der Waals surface area contributed by atoms with Gasteiger partial charge in [0.2, 0.25) is 0 Å². The molecule has 0 bridgehead atoms. The molecular weight excluding hydrogens is 344 g/mol. The standard InChI is InChI=1S/C17H20N2O3S2/c1-19(24(21,22)16-7-4-12-23-16)15-10-8-13(9-11-15)17(20)18-14-5-2-3-6-14/h4,7-12,14H,2-3,5-6H2,1H3,(H,18,20). The topological polar surface area (TPSA) is 66.5 Å². The molecule has 0 unspecified atom stereocenters. The van der Waals surface area contributed by atoms with E-state index in [9.17, 15) is 13.2 Å². The number of carbonyl (C=O) groups is 1. The van der Waals surface area contributed by atoms with E-state index in [0.717, 1.165) is 25.7 Å². The lowest BCUT2D eigenvalue weighted by Gasteiger charge is -2.19. The molecule has 128 valence electrons. The van der Waals surface area contributed by atoms with Crippen LogP contribution in [0.15, 0.2) is 46.0 Å². The lowest BCUT2D eigenvalue weighted by Crippen LogP contribution is -2.32. The number of hydrogen-bond donors (Lipinski definition) is 1. The Kier molecular flexibility index (Phi) is 4.91. The van der Waals surface area contributed by atoms with Crippen molar-refractivity contribution in [2.45, 2.75) is 35.9 Å². The van der Waals surface area contributed by atoms with Crippen LogP contribution in [0.25, 0.3) is 0 Å². The molecule has 1 aromatic heterocycles. The largest absolute Gasteiger partial charge is 0.349 e. The highest BCUT2D eigenvalue weighted by Crippen LogP contribution is 2.25. The number of benzene rings is 1. The number of carbonyl (C=O) groups excluding carboxylic acids is 1. The molecule has 1 fully saturated rings. The Morgan fingerprint density at radius 2 is 1.83 bits per heavy atom. The second-order valence-corrected chi connectivity index (χ2v) is 9.05. The Hall–Kier alpha value is -1.86. The van der Waals surface area contributed by atoms with Gasteiger partial charge in [-0.25, -0.2) is 8.42 Å². The van der Waals surface area contributed by atoms with E-state index in [4.69, 9.17) is 0 Å². The number of thiophene rings is 1. The first kappa shape index (κ1) is 17.0. The summed E-state index contributed by atoms with van der Waals surface area (Å²) in [6, 6.07) is 10.2. The van der Waals surface area contributed by atoms with E-state index in [-0.39, 0.29) is 11.9 Å². The molecule has 1 saturated carbocycles. The first-order valence-electron chi connectivity index (χ1n) is 7.92. The summed E-state index contributed by atoms with van der Waals surface area (Å²) in [6.45, 7) is 0. The predicted octanol–water partition coefficient (Wildman–Crippen LogP) is 3.25. The van der Waals surface area contributed by atoms with Crippen LogP contribution >= 0.6 is 11.3 Å². The molecule has 0 spiro atoms. The zero-order valence-corrected chi connectivity index (χ0v) is 15.1. The molecule has 1 aliphatic rings. The van der Waals surface area contributed by atoms with Gasteiger partial charge in [-0.15, -0.1) is 11.3 Å². The zero-order valence-electron chi connectivity index (χ0n) is 13.4. The number of nitrogens with zero attached hydrogens (tertiary/aromatic N) is 1. The van der Waals surface area contributed by atoms with Crippen molar-refractivity contribution < 1.29 is 13.2 Å². The third kappa shape index (κ3) is 3.47. The third-order valence-corrected chi connectivity index (χ3v) is 7.45. The van der Waals surface area contributed by atoms with Crippen molar-refractivity contribution in [1.29, 1.82) is 0 Å². The van der Waals surface area contributed by atoms with Gasteiger partial charge in [0.15, 0.2) is 0 Å². The Morgan fingerprint density at radius 3 is 2.42 bits per heavy atom. The first-order chi connectivity index (χ1) is 11.5. The zero-order chi connectivity index (χ0) is 17.2. The maximum absolute atomic E-state index is 12.5. The summed E-state index contributed by atoms with van der Waals surface area (Å²) in [4.78, 5) is 12.2. The number of hydrogen-bond acceptors (Lipinski definition) is 4. The molecule has 1 N–H and O–H groups in total. The molecular formula is C17H20N2O3S2. The number of anilines is 1. The maximum Gasteiger partial charge on any atom is 0.273 e. The number of rotatable bonds is 5. The Bertz CT molecular complexity index is 793. The van der Waals surface area contributed by atoms with Crippen LogP contribution in [0, 0.1) is 0 Å². The van der Waals surface area contributed by atoms with Gasteiger partial charge in [0.1, 0.15) is 4.21 Å². The molecule has 7 heteroatoms. The minimum absolute atomic E-state index is 0.0998. The molecule has 0 aliphatic heterocycles. The SMILES string of the molecule is CN(c1ccc(C(=O)NC2CCCC2)cc1)S(=O)(=O)c1cccs1. The van der Waals surface area contributed by atoms with E-state index in [2.05, 4.69) is 5.32 Å². The quantitative estimate of drug-likeness (QED) is 0.886. The molecule has 24 heavy (non-hydrogen) atoms. The van der Waals surface area contributed by atoms with Crippen LogP contribution in [0.4, 0.5) is 5.69 Å². The van der Waals surface area contributed by atoms with Gasteiger partial charge in [-0.05, 0) is 48.6 Å². The second-order valence-electron chi connectivity index (χ2n) is 5.91. The molecule has 0 radical (unpaired) electrons. The summed E-state index contributed by atoms with van der Waals surface area (Å²) in [7, 11) is -2.03. The molecule has 1 aromatic carbocycles. The lowest BCUT2D eigenvalue weighted by atomic mass is 10.1. The van der Waals surface area contributed by atoms with Crippen molar-refractivity contribution in [2.24, 2.45) is 0 Å². The van der Waals surface area contributed by atoms with Crippen LogP contribution in [-0.2, 0) is 10.0 Å². The van der Waals surface area contributed by atoms with Crippen LogP contribution in [0.5, 0.6) is 0 Å². The number of sulfonamides is 1. The normalized spacial score (nSPS) is 15.4. The highest BCUT2D eigenvalue weighted by molar-refractivity contribution is 7.94. The second kappa shape index (κ2) is 6.94. The van der Waals surface area contributed by atoms with Crippen LogP contribution < -0.4 is 9.62 Å². The smallest absolute Gasteiger partial charge is 0.273 e. The van der Waals surface area contributed by atoms with Gasteiger partial charge in [0, 0.05) is 18.7 Å². The van der Waals surface area contributed by atoms with Gasteiger partial charge in [0.05, 0.1) is 5.69 Å². The van der Waals surface area contributed by atoms with Crippen molar-refractivity contribution >= 4 is 33.0 Å². The van der Waals surface area contributed by atoms with E-state index in [1.165, 1.54) is 22.7 Å². The highest BCUT2D eigenvalue weighted by Gasteiger charge is 2.23. The fourth-order valence-electron chi connectivity index (χ4n) is 2.85. The van der Waals surface area contributed by atoms with Crippen molar-refractivity contribution in [2.75, 3.05) is 11.4 Å². The summed E-state index contributed by atoms with van der Waals surface area (Å²) in [5, 5.41) is 4.76. The number of amides is 1. The number of nitrogens with one attached hydrogen (secondary N) is 1. The van der Waals surface area contributed by atoms with E-state index < -0.39 is 10.0 Å². The van der Waals surface area contributed by atoms with Gasteiger partial charge in [0.25, 0.3) is 15.9 Å². The van der Waals surface area contributed by atoms with Crippen LogP contribution in [-0.4, -0.2) is 27.4 Å². The highest BCUT2D eigenvalue weighted by atomic mass is 32.2. The summed E-state index contributed by atoms with van der Waals surface area (Å²) in [5.74, 6) is -0.0998. The van der Waals surface area contributed by atoms with E-state index in [0.29, 0.717) is 15.5 Å². The van der Waals surface area contributed by atoms with Crippen LogP contribution in [0.2, 0.25) is 0 Å². The summed E-state index contributed by atoms with van der Waals surface area (Å²) in [5.41, 5.74) is 1.08. The van der Waals surface area contributed by atoms with Gasteiger partial charge in [-0.2, -0.15) is 0 Å². The first-order valence-corrected chi connectivity index (χ1v) is 10.2. The van der Waals surface area contributed by atoms with Crippen LogP contribution in [0.3, 0.4) is 0 Å². The molecule has 0 saturated heterocycles. The fourth-order valence-corrected chi connectivity index (χ4v) is 5.20. The third-order valence-electron chi connectivity index (χ3n) is 4.29. The summed E-state index contributed by atoms with van der Waals surface area (Å²) < 4.78 is 26.5. The van der Waals surface area contributed by atoms with Gasteiger partial charge in [-0.3, -0.25) is 9.10 Å². The molecule has 1 aliphatic carbocycles. The van der Waals surface area contributed by atoms with E-state index >= 15 is 0 Å². The molecule has 5 nitrogen and oxygen atoms in total. The molecule has 1 heterocycles. The fraction of sp³-hybridized carbons (Fsp3) is 0.353. The van der Waals surface area contributed by atoms with Gasteiger partial charge >= 0.3 is 0 Å². The van der Waals surface area contributed by atoms with Crippen LogP contribution in [0.1, 0.15) is 36.0 Å². The summed E-state index contributed by atoms with van der Waals surface area (Å²) >= 11 is 1.18.